The van der Waals surface area contributed by atoms with E-state index in [1.54, 1.807) is 0 Å². The van der Waals surface area contributed by atoms with Gasteiger partial charge < -0.3 is 15.0 Å². The molecule has 8 nitrogen and oxygen atoms in total. The molecule has 0 unspecified atom stereocenters. The van der Waals surface area contributed by atoms with Crippen LogP contribution < -0.4 is 10.6 Å². The number of hydrogen-bond acceptors (Lipinski definition) is 4. The maximum atomic E-state index is 12.7. The molecule has 0 saturated carbocycles. The Morgan fingerprint density at radius 3 is 2.55 bits per heavy atom. The van der Waals surface area contributed by atoms with Gasteiger partial charge in [0.15, 0.2) is 5.96 Å². The Morgan fingerprint density at radius 1 is 1.29 bits per heavy atom. The number of fused-ring (bicyclic) bond motifs is 1. The second kappa shape index (κ2) is 10.3. The lowest BCUT2D eigenvalue weighted by Crippen LogP contribution is -2.51. The first-order valence-corrected chi connectivity index (χ1v) is 11.1. The third-order valence-electron chi connectivity index (χ3n) is 4.92. The van der Waals surface area contributed by atoms with E-state index in [-0.39, 0.29) is 55.9 Å². The van der Waals surface area contributed by atoms with E-state index in [0.717, 1.165) is 17.0 Å². The molecule has 3 heterocycles. The van der Waals surface area contributed by atoms with Crippen LogP contribution in [0.25, 0.3) is 5.65 Å². The predicted molar refractivity (Wildman–Crippen MR) is 123 cm³/mol. The Hall–Kier alpha value is -1.61. The van der Waals surface area contributed by atoms with Crippen LogP contribution in [0.3, 0.4) is 0 Å². The number of aromatic nitrogens is 2. The van der Waals surface area contributed by atoms with Crippen molar-refractivity contribution < 1.29 is 21.6 Å². The number of imidazole rings is 1. The molecule has 31 heavy (non-hydrogen) atoms. The fraction of sp³-hybridized carbons (Fsp3) is 0.556. The topological polar surface area (TPSA) is 91.1 Å². The number of guanidine groups is 1. The smallest absolute Gasteiger partial charge is 0.357 e. The third-order valence-corrected chi connectivity index (χ3v) is 6.55. The van der Waals surface area contributed by atoms with Crippen LogP contribution in [0.5, 0.6) is 0 Å². The molecular weight excluding hydrogens is 548 g/mol. The Labute approximate surface area is 196 Å². The number of pyridine rings is 1. The highest BCUT2D eigenvalue weighted by Crippen LogP contribution is 2.28. The third kappa shape index (κ3) is 6.00. The first-order chi connectivity index (χ1) is 14.1. The van der Waals surface area contributed by atoms with E-state index in [0.29, 0.717) is 23.4 Å². The molecule has 0 aromatic carbocycles. The molecule has 1 aliphatic rings. The molecular formula is C18H26F3IN6O2S. The van der Waals surface area contributed by atoms with Crippen LogP contribution in [-0.4, -0.2) is 59.3 Å². The van der Waals surface area contributed by atoms with Gasteiger partial charge in [0, 0.05) is 37.6 Å². The zero-order chi connectivity index (χ0) is 21.9. The number of rotatable bonds is 5. The van der Waals surface area contributed by atoms with Crippen molar-refractivity contribution in [1.82, 2.24) is 24.3 Å². The molecule has 0 bridgehead atoms. The van der Waals surface area contributed by atoms with E-state index in [1.807, 2.05) is 42.6 Å². The van der Waals surface area contributed by atoms with Gasteiger partial charge in [-0.3, -0.25) is 0 Å². The number of nitrogens with one attached hydrogen (secondary N) is 2. The average molecular weight is 574 g/mol. The summed E-state index contributed by atoms with van der Waals surface area (Å²) in [4.78, 5) is 9.05. The molecule has 1 fully saturated rings. The van der Waals surface area contributed by atoms with Gasteiger partial charge in [0.05, 0.1) is 12.2 Å². The largest absolute Gasteiger partial charge is 0.511 e. The standard InChI is InChI=1S/C18H25F3N6O2S.HI/c1-3-22-17(23-11-15-12-27-13(2)5-4-6-16(27)24-15)25-14-7-9-26(10-8-14)30(28,29)18(19,20)21;/h4-6,12,14H,3,7-11H2,1-2H3,(H2,22,23,25);1H. The Balaban J connectivity index is 0.00000341. The van der Waals surface area contributed by atoms with E-state index < -0.39 is 15.5 Å². The van der Waals surface area contributed by atoms with Crippen molar-refractivity contribution in [3.8, 4) is 0 Å². The second-order valence-electron chi connectivity index (χ2n) is 7.09. The van der Waals surface area contributed by atoms with Gasteiger partial charge in [-0.2, -0.15) is 17.5 Å². The fourth-order valence-corrected chi connectivity index (χ4v) is 4.32. The zero-order valence-corrected chi connectivity index (χ0v) is 20.3. The molecule has 2 N–H and O–H groups in total. The SMILES string of the molecule is CCNC(=NCc1cn2c(C)cccc2n1)NC1CCN(S(=O)(=O)C(F)(F)F)CC1.I. The van der Waals surface area contributed by atoms with Gasteiger partial charge in [0.1, 0.15) is 5.65 Å². The highest BCUT2D eigenvalue weighted by atomic mass is 127. The molecule has 174 valence electrons. The maximum Gasteiger partial charge on any atom is 0.511 e. The van der Waals surface area contributed by atoms with Gasteiger partial charge in [0.2, 0.25) is 0 Å². The summed E-state index contributed by atoms with van der Waals surface area (Å²) in [6.45, 7) is 4.45. The molecule has 13 heteroatoms. The number of aryl methyl sites for hydroxylation is 1. The number of halogens is 4. The molecule has 1 aliphatic heterocycles. The summed E-state index contributed by atoms with van der Waals surface area (Å²) in [6, 6.07) is 5.65. The zero-order valence-electron chi connectivity index (χ0n) is 17.2. The van der Waals surface area contributed by atoms with E-state index >= 15 is 0 Å². The molecule has 0 radical (unpaired) electrons. The van der Waals surface area contributed by atoms with Crippen molar-refractivity contribution >= 4 is 45.6 Å². The van der Waals surface area contributed by atoms with Crippen LogP contribution in [-0.2, 0) is 16.6 Å². The van der Waals surface area contributed by atoms with Crippen LogP contribution in [0.2, 0.25) is 0 Å². The minimum Gasteiger partial charge on any atom is -0.357 e. The molecule has 0 spiro atoms. The summed E-state index contributed by atoms with van der Waals surface area (Å²) in [6.07, 6.45) is 2.43. The highest BCUT2D eigenvalue weighted by Gasteiger charge is 2.50. The lowest BCUT2D eigenvalue weighted by atomic mass is 10.1. The number of piperidine rings is 1. The Morgan fingerprint density at radius 2 is 1.97 bits per heavy atom. The normalized spacial score (nSPS) is 16.9. The highest BCUT2D eigenvalue weighted by molar-refractivity contribution is 14.0. The summed E-state index contributed by atoms with van der Waals surface area (Å²) in [5.41, 5.74) is -2.60. The van der Waals surface area contributed by atoms with Crippen molar-refractivity contribution in [2.24, 2.45) is 4.99 Å². The van der Waals surface area contributed by atoms with Gasteiger partial charge in [0.25, 0.3) is 0 Å². The lowest BCUT2D eigenvalue weighted by Gasteiger charge is -2.32. The number of aliphatic imine (C=N–C) groups is 1. The summed E-state index contributed by atoms with van der Waals surface area (Å²) >= 11 is 0. The Kier molecular flexibility index (Phi) is 8.55. The van der Waals surface area contributed by atoms with Gasteiger partial charge in [-0.25, -0.2) is 18.4 Å². The average Bonchev–Trinajstić information content (AvgIpc) is 3.10. The van der Waals surface area contributed by atoms with Crippen molar-refractivity contribution in [2.45, 2.75) is 44.8 Å². The van der Waals surface area contributed by atoms with E-state index in [2.05, 4.69) is 20.6 Å². The van der Waals surface area contributed by atoms with Crippen molar-refractivity contribution in [3.05, 3.63) is 35.8 Å². The van der Waals surface area contributed by atoms with Crippen LogP contribution in [0, 0.1) is 6.92 Å². The quantitative estimate of drug-likeness (QED) is 0.326. The summed E-state index contributed by atoms with van der Waals surface area (Å²) < 4.78 is 63.7. The molecule has 0 amide bonds. The van der Waals surface area contributed by atoms with Gasteiger partial charge in [-0.15, -0.1) is 24.0 Å². The number of sulfonamides is 1. The van der Waals surface area contributed by atoms with Crippen molar-refractivity contribution in [2.75, 3.05) is 19.6 Å². The van der Waals surface area contributed by atoms with Crippen LogP contribution in [0.15, 0.2) is 29.4 Å². The van der Waals surface area contributed by atoms with Crippen LogP contribution >= 0.6 is 24.0 Å². The molecule has 0 atom stereocenters. The Bertz CT molecular complexity index is 1020. The van der Waals surface area contributed by atoms with Crippen LogP contribution in [0.4, 0.5) is 13.2 Å². The predicted octanol–water partition coefficient (Wildman–Crippen LogP) is 2.63. The summed E-state index contributed by atoms with van der Waals surface area (Å²) in [5.74, 6) is 0.517. The monoisotopic (exact) mass is 574 g/mol. The van der Waals surface area contributed by atoms with Gasteiger partial charge in [-0.05, 0) is 38.8 Å². The first-order valence-electron chi connectivity index (χ1n) is 9.66. The van der Waals surface area contributed by atoms with E-state index in [9.17, 15) is 21.6 Å². The number of hydrogen-bond donors (Lipinski definition) is 2. The van der Waals surface area contributed by atoms with Crippen molar-refractivity contribution in [3.63, 3.8) is 0 Å². The lowest BCUT2D eigenvalue weighted by molar-refractivity contribution is -0.0494. The summed E-state index contributed by atoms with van der Waals surface area (Å²) in [5, 5.41) is 6.29. The first kappa shape index (κ1) is 25.6. The fourth-order valence-electron chi connectivity index (χ4n) is 3.34. The maximum absolute atomic E-state index is 12.7. The molecule has 0 aliphatic carbocycles. The van der Waals surface area contributed by atoms with E-state index in [1.165, 1.54) is 0 Å². The summed E-state index contributed by atoms with van der Waals surface area (Å²) in [7, 11) is -5.28. The molecule has 2 aromatic rings. The van der Waals surface area contributed by atoms with Crippen LogP contribution in [0.1, 0.15) is 31.2 Å². The van der Waals surface area contributed by atoms with E-state index in [4.69, 9.17) is 0 Å². The minimum absolute atomic E-state index is 0. The molecule has 3 rings (SSSR count). The minimum atomic E-state index is -5.28. The van der Waals surface area contributed by atoms with Crippen molar-refractivity contribution in [1.29, 1.82) is 0 Å². The number of alkyl halides is 3. The molecule has 2 aromatic heterocycles. The van der Waals surface area contributed by atoms with Gasteiger partial charge >= 0.3 is 15.5 Å². The molecule has 1 saturated heterocycles. The van der Waals surface area contributed by atoms with Gasteiger partial charge in [-0.1, -0.05) is 6.07 Å². The number of nitrogens with zero attached hydrogens (tertiary/aromatic N) is 4. The second-order valence-corrected chi connectivity index (χ2v) is 9.02.